The number of ether oxygens (including phenoxy) is 7. The van der Waals surface area contributed by atoms with Crippen LogP contribution < -0.4 is 5.32 Å². The molecule has 4 heterocycles. The molecule has 3 saturated heterocycles. The van der Waals surface area contributed by atoms with Crippen molar-refractivity contribution in [1.29, 1.82) is 0 Å². The van der Waals surface area contributed by atoms with Crippen molar-refractivity contribution in [2.75, 3.05) is 34.8 Å². The number of halogens is 1. The highest BCUT2D eigenvalue weighted by atomic mass is 35.5. The van der Waals surface area contributed by atoms with Crippen molar-refractivity contribution in [1.82, 2.24) is 30.1 Å². The number of rotatable bonds is 12. The summed E-state index contributed by atoms with van der Waals surface area (Å²) in [6.45, 7) is 18.3. The monoisotopic (exact) mass is 997 g/mol. The second-order valence-electron chi connectivity index (χ2n) is 20.9. The summed E-state index contributed by atoms with van der Waals surface area (Å²) in [7, 11) is 7.08. The van der Waals surface area contributed by atoms with E-state index >= 15 is 0 Å². The maximum Gasteiger partial charge on any atom is 0.407 e. The number of alkyl carbamates (subject to hydrolysis) is 1. The van der Waals surface area contributed by atoms with Gasteiger partial charge >= 0.3 is 12.1 Å². The molecular formula is C49H81ClN6O13. The Morgan fingerprint density at radius 1 is 1.01 bits per heavy atom. The highest BCUT2D eigenvalue weighted by Gasteiger charge is 2.54. The van der Waals surface area contributed by atoms with Gasteiger partial charge in [0.25, 0.3) is 0 Å². The molecule has 2 aromatic rings. The lowest BCUT2D eigenvalue weighted by molar-refractivity contribution is -0.317. The average Bonchev–Trinajstić information content (AvgIpc) is 3.73. The van der Waals surface area contributed by atoms with Gasteiger partial charge < -0.3 is 68.7 Å². The topological polar surface area (TPSA) is 229 Å². The first kappa shape index (κ1) is 56.9. The first-order chi connectivity index (χ1) is 32.2. The van der Waals surface area contributed by atoms with E-state index in [0.29, 0.717) is 30.2 Å². The van der Waals surface area contributed by atoms with Crippen molar-refractivity contribution < 1.29 is 63.2 Å². The predicted octanol–water partition coefficient (Wildman–Crippen LogP) is 4.13. The Kier molecular flexibility index (Phi) is 19.5. The molecule has 19 nitrogen and oxygen atoms in total. The van der Waals surface area contributed by atoms with Gasteiger partial charge in [-0.15, -0.1) is 5.10 Å². The van der Waals surface area contributed by atoms with Crippen molar-refractivity contribution in [3.05, 3.63) is 46.7 Å². The summed E-state index contributed by atoms with van der Waals surface area (Å²) >= 11 is 6.33. The van der Waals surface area contributed by atoms with Crippen LogP contribution in [0.25, 0.3) is 0 Å². The largest absolute Gasteiger partial charge is 0.459 e. The molecule has 0 saturated carbocycles. The number of esters is 1. The number of hydrogen-bond donors (Lipinski definition) is 5. The highest BCUT2D eigenvalue weighted by Crippen LogP contribution is 2.41. The second-order valence-corrected chi connectivity index (χ2v) is 21.3. The number of nitrogens with zero attached hydrogens (tertiary/aromatic N) is 5. The van der Waals surface area contributed by atoms with Gasteiger partial charge in [-0.25, -0.2) is 9.48 Å². The maximum atomic E-state index is 14.5. The second kappa shape index (κ2) is 23.7. The molecule has 0 spiro atoms. The Hall–Kier alpha value is -3.05. The average molecular weight is 998 g/mol. The number of methoxy groups -OCH3 is 1. The molecule has 18 atom stereocenters. The fraction of sp³-hybridized carbons (Fsp3) is 0.796. The number of nitrogens with one attached hydrogen (secondary N) is 1. The van der Waals surface area contributed by atoms with Crippen LogP contribution in [0.4, 0.5) is 4.79 Å². The summed E-state index contributed by atoms with van der Waals surface area (Å²) in [6, 6.07) is 6.53. The number of benzene rings is 1. The summed E-state index contributed by atoms with van der Waals surface area (Å²) in [5, 5.41) is 59.7. The quantitative estimate of drug-likeness (QED) is 0.188. The smallest absolute Gasteiger partial charge is 0.407 e. The van der Waals surface area contributed by atoms with E-state index < -0.39 is 102 Å². The van der Waals surface area contributed by atoms with E-state index in [9.17, 15) is 30.0 Å². The Labute approximate surface area is 413 Å². The molecule has 3 fully saturated rings. The molecule has 5 N–H and O–H groups in total. The lowest BCUT2D eigenvalue weighted by atomic mass is 9.77. The number of amides is 1. The molecule has 5 rings (SSSR count). The van der Waals surface area contributed by atoms with E-state index in [2.05, 4.69) is 15.6 Å². The standard InChI is InChI=1S/C49H81ClN6O13/c1-15-37-49(10,62)41(58)31(6)55(13)24-27(2)21-47(8,61)42(68-45-39(57)36(54(11)12)20-28(3)64-45)29(4)40(30(5)44(59)66-37)67-38-22-48(9,63-14)43(32(7)65-38)69-46(60)51-23-34-26-56(53-52-34)25-33-18-16-17-19-35(33)50/h16-19,26-32,36-43,45,57-58,61-62H,15,20-25H2,1-14H3,(H,51,60)/t27-,28-,29+,30-,31-,32+,36+,37+,38+,39-,40-,41+,42-,43+,45+,47-,48-,49-/m1/s1. The number of carbonyl (C=O) groups is 2. The van der Waals surface area contributed by atoms with Crippen LogP contribution in [-0.2, 0) is 51.0 Å². The van der Waals surface area contributed by atoms with Gasteiger partial charge in [-0.1, -0.05) is 55.8 Å². The van der Waals surface area contributed by atoms with Crippen LogP contribution in [0.2, 0.25) is 5.02 Å². The van der Waals surface area contributed by atoms with Gasteiger partial charge in [0.2, 0.25) is 0 Å². The summed E-state index contributed by atoms with van der Waals surface area (Å²) in [5.41, 5.74) is -3.29. The van der Waals surface area contributed by atoms with E-state index in [1.807, 2.05) is 63.0 Å². The molecule has 3 aliphatic rings. The van der Waals surface area contributed by atoms with Crippen LogP contribution in [0.1, 0.15) is 106 Å². The minimum absolute atomic E-state index is 0.0265. The Bertz CT molecular complexity index is 1980. The van der Waals surface area contributed by atoms with Gasteiger partial charge in [0.05, 0.1) is 55.2 Å². The van der Waals surface area contributed by atoms with E-state index in [1.54, 1.807) is 65.4 Å². The van der Waals surface area contributed by atoms with Gasteiger partial charge in [-0.2, -0.15) is 0 Å². The van der Waals surface area contributed by atoms with Crippen LogP contribution in [0.5, 0.6) is 0 Å². The Morgan fingerprint density at radius 3 is 2.33 bits per heavy atom. The van der Waals surface area contributed by atoms with Crippen LogP contribution in [0, 0.1) is 17.8 Å². The predicted molar refractivity (Wildman–Crippen MR) is 256 cm³/mol. The molecule has 1 amide bonds. The lowest BCUT2D eigenvalue weighted by Gasteiger charge is -2.49. The van der Waals surface area contributed by atoms with Crippen molar-refractivity contribution in [3.63, 3.8) is 0 Å². The highest BCUT2D eigenvalue weighted by molar-refractivity contribution is 6.31. The van der Waals surface area contributed by atoms with Crippen molar-refractivity contribution in [2.24, 2.45) is 17.8 Å². The third kappa shape index (κ3) is 13.7. The molecule has 69 heavy (non-hydrogen) atoms. The summed E-state index contributed by atoms with van der Waals surface area (Å²) in [4.78, 5) is 31.7. The zero-order valence-corrected chi connectivity index (χ0v) is 43.8. The normalized spacial score (nSPS) is 40.1. The summed E-state index contributed by atoms with van der Waals surface area (Å²) < 4.78 is 46.3. The zero-order valence-electron chi connectivity index (χ0n) is 43.1. The molecule has 0 radical (unpaired) electrons. The number of carbonyl (C=O) groups excluding carboxylic acids is 2. The molecular weight excluding hydrogens is 916 g/mol. The number of aliphatic hydroxyl groups excluding tert-OH is 2. The number of hydrogen-bond acceptors (Lipinski definition) is 17. The van der Waals surface area contributed by atoms with Crippen molar-refractivity contribution in [3.8, 4) is 0 Å². The lowest BCUT2D eigenvalue weighted by Crippen LogP contribution is -2.61. The summed E-state index contributed by atoms with van der Waals surface area (Å²) in [5.74, 6) is -2.84. The zero-order chi connectivity index (χ0) is 51.3. The van der Waals surface area contributed by atoms with Gasteiger partial charge in [-0.3, -0.25) is 4.79 Å². The third-order valence-corrected chi connectivity index (χ3v) is 15.1. The van der Waals surface area contributed by atoms with Crippen LogP contribution >= 0.6 is 11.6 Å². The molecule has 20 heteroatoms. The van der Waals surface area contributed by atoms with Gasteiger partial charge in [0.1, 0.15) is 35.2 Å². The third-order valence-electron chi connectivity index (χ3n) is 14.7. The van der Waals surface area contributed by atoms with Crippen molar-refractivity contribution >= 4 is 23.7 Å². The van der Waals surface area contributed by atoms with Gasteiger partial charge in [0.15, 0.2) is 18.7 Å². The van der Waals surface area contributed by atoms with Crippen molar-refractivity contribution in [2.45, 2.75) is 198 Å². The molecule has 1 aromatic heterocycles. The molecule has 392 valence electrons. The number of aromatic nitrogens is 3. The van der Waals surface area contributed by atoms with Gasteiger partial charge in [-0.05, 0) is 106 Å². The van der Waals surface area contributed by atoms with Crippen LogP contribution in [0.3, 0.4) is 0 Å². The van der Waals surface area contributed by atoms with E-state index in [0.717, 1.165) is 5.56 Å². The molecule has 3 aliphatic heterocycles. The SMILES string of the molecule is CC[C@@H]1OC(=O)[C@H](C)[C@H](O[C@H]2C[C@@](C)(OC)[C@@H](OC(=O)NCc3cn(Cc4ccccc4Cl)nn3)[C@H](C)O2)[C@H](C)[C@@H](O[C@@H]2O[C@H](C)C[C@H](N(C)C)[C@H]2O)[C@](C)(O)C[C@@H](C)CN(C)[C@H](C)[C@H](O)[C@]1(C)O. The van der Waals surface area contributed by atoms with E-state index in [-0.39, 0.29) is 43.9 Å². The Morgan fingerprint density at radius 2 is 1.70 bits per heavy atom. The number of cyclic esters (lactones) is 1. The van der Waals surface area contributed by atoms with Gasteiger partial charge in [0, 0.05) is 43.1 Å². The van der Waals surface area contributed by atoms with Crippen LogP contribution in [0.15, 0.2) is 30.5 Å². The first-order valence-electron chi connectivity index (χ1n) is 24.3. The summed E-state index contributed by atoms with van der Waals surface area (Å²) in [6.07, 6.45) is -8.12. The maximum absolute atomic E-state index is 14.5. The fourth-order valence-electron chi connectivity index (χ4n) is 10.6. The number of likely N-dealkylation sites (N-methyl/N-ethyl adjacent to an activating group) is 2. The van der Waals surface area contributed by atoms with E-state index in [1.165, 1.54) is 14.0 Å². The Balaban J connectivity index is 1.43. The first-order valence-corrected chi connectivity index (χ1v) is 24.7. The molecule has 0 aliphatic carbocycles. The number of aliphatic hydroxyl groups is 4. The fourth-order valence-corrected chi connectivity index (χ4v) is 10.8. The molecule has 1 aromatic carbocycles. The molecule has 0 bridgehead atoms. The minimum atomic E-state index is -1.85. The minimum Gasteiger partial charge on any atom is -0.459 e. The van der Waals surface area contributed by atoms with Crippen LogP contribution in [-0.4, -0.2) is 182 Å². The van der Waals surface area contributed by atoms with E-state index in [4.69, 9.17) is 44.8 Å². The molecule has 0 unspecified atom stereocenters.